The molecular formula is C73H108N16O4. The minimum absolute atomic E-state index is 0. The zero-order chi connectivity index (χ0) is 70.3. The summed E-state index contributed by atoms with van der Waals surface area (Å²) >= 11 is 0. The summed E-state index contributed by atoms with van der Waals surface area (Å²) in [6.07, 6.45) is 13.7. The van der Waals surface area contributed by atoms with Gasteiger partial charge < -0.3 is 39.2 Å². The van der Waals surface area contributed by atoms with Gasteiger partial charge in [0.25, 0.3) is 23.6 Å². The van der Waals surface area contributed by atoms with Gasteiger partial charge in [0.15, 0.2) is 23.3 Å². The van der Waals surface area contributed by atoms with Gasteiger partial charge >= 0.3 is 0 Å². The number of hydrogen-bond donors (Lipinski definition) is 0. The van der Waals surface area contributed by atoms with Crippen molar-refractivity contribution >= 4 is 92.9 Å². The van der Waals surface area contributed by atoms with Crippen LogP contribution in [0.5, 0.6) is 0 Å². The van der Waals surface area contributed by atoms with Crippen LogP contribution >= 0.6 is 0 Å². The van der Waals surface area contributed by atoms with Crippen molar-refractivity contribution < 1.29 is 19.2 Å². The monoisotopic (exact) mass is 1270 g/mol. The predicted octanol–water partition coefficient (Wildman–Crippen LogP) is 17.4. The third kappa shape index (κ3) is 18.3. The Morgan fingerprint density at radius 2 is 0.376 bits per heavy atom. The quantitative estimate of drug-likeness (QED) is 0.139. The first-order valence-electron chi connectivity index (χ1n) is 32.1. The minimum Gasteiger partial charge on any atom is -0.312 e. The predicted molar refractivity (Wildman–Crippen MR) is 394 cm³/mol. The third-order valence-corrected chi connectivity index (χ3v) is 13.6. The molecule has 4 aliphatic rings. The van der Waals surface area contributed by atoms with Gasteiger partial charge in [0.2, 0.25) is 0 Å². The summed E-state index contributed by atoms with van der Waals surface area (Å²) in [5.74, 6) is 5.26. The summed E-state index contributed by atoms with van der Waals surface area (Å²) in [6, 6.07) is 21.9. The maximum atomic E-state index is 12.5. The molecule has 0 aliphatic carbocycles. The van der Waals surface area contributed by atoms with Gasteiger partial charge in [0.1, 0.15) is 23.3 Å². The van der Waals surface area contributed by atoms with Crippen LogP contribution < -0.4 is 39.2 Å². The number of amides is 4. The molecule has 93 heavy (non-hydrogen) atoms. The summed E-state index contributed by atoms with van der Waals surface area (Å²) in [7, 11) is 14.6. The average Bonchev–Trinajstić information content (AvgIpc) is 1.68. The Bertz CT molecular complexity index is 3150. The summed E-state index contributed by atoms with van der Waals surface area (Å²) < 4.78 is 0. The van der Waals surface area contributed by atoms with E-state index in [2.05, 4.69) is 39.9 Å². The van der Waals surface area contributed by atoms with E-state index in [0.717, 1.165) is 68.3 Å². The molecule has 20 nitrogen and oxygen atoms in total. The lowest BCUT2D eigenvalue weighted by molar-refractivity contribution is 0.0986. The lowest BCUT2D eigenvalue weighted by Crippen LogP contribution is -2.26. The highest BCUT2D eigenvalue weighted by molar-refractivity contribution is 6.15. The van der Waals surface area contributed by atoms with Crippen LogP contribution in [-0.4, -0.2) is 120 Å². The normalized spacial score (nSPS) is 11.9. The van der Waals surface area contributed by atoms with Crippen LogP contribution in [0.25, 0.3) is 0 Å². The number of rotatable bonds is 0. The fourth-order valence-electron chi connectivity index (χ4n) is 9.64. The van der Waals surface area contributed by atoms with Gasteiger partial charge in [-0.25, -0.2) is 39.9 Å². The minimum atomic E-state index is -0.0650. The first-order valence-corrected chi connectivity index (χ1v) is 32.1. The fraction of sp³-hybridized carbons (Fsp3) is 0.397. The Morgan fingerprint density at radius 1 is 0.226 bits per heavy atom. The summed E-state index contributed by atoms with van der Waals surface area (Å²) in [5, 5.41) is 0. The van der Waals surface area contributed by atoms with Gasteiger partial charge in [0.05, 0.1) is 45.0 Å². The Morgan fingerprint density at radius 3 is 0.538 bits per heavy atom. The lowest BCUT2D eigenvalue weighted by Gasteiger charge is -2.21. The molecule has 0 atom stereocenters. The molecule has 4 aliphatic heterocycles. The highest BCUT2D eigenvalue weighted by atomic mass is 16.2. The Kier molecular flexibility index (Phi) is 37.3. The lowest BCUT2D eigenvalue weighted by atomic mass is 10.2. The van der Waals surface area contributed by atoms with E-state index >= 15 is 0 Å². The molecule has 0 unspecified atom stereocenters. The van der Waals surface area contributed by atoms with Crippen molar-refractivity contribution in [3.05, 3.63) is 167 Å². The maximum absolute atomic E-state index is 12.5. The van der Waals surface area contributed by atoms with Crippen LogP contribution in [0.2, 0.25) is 0 Å². The standard InChI is InChI=1S/4C14H14N4O.8C2H6.CH4/c4*1-9-6-8-16-13-11(9)17(2)14(19)10-5-4-7-15-12(10)18(13)3;8*1-2;/h4*4-8H,1-3H3;8*1-2H3;1H4. The molecule has 0 bridgehead atoms. The highest BCUT2D eigenvalue weighted by Crippen LogP contribution is 2.42. The Labute approximate surface area is 557 Å². The van der Waals surface area contributed by atoms with E-state index in [9.17, 15) is 19.2 Å². The third-order valence-electron chi connectivity index (χ3n) is 13.6. The molecule has 504 valence electrons. The second kappa shape index (κ2) is 41.6. The molecule has 0 N–H and O–H groups in total. The topological polar surface area (TPSA) is 197 Å². The molecule has 12 rings (SSSR count). The highest BCUT2D eigenvalue weighted by Gasteiger charge is 2.34. The molecular weight excluding hydrogens is 1160 g/mol. The smallest absolute Gasteiger partial charge is 0.261 e. The Balaban J connectivity index is 0.00000113. The van der Waals surface area contributed by atoms with E-state index in [1.165, 1.54) is 0 Å². The average molecular weight is 1270 g/mol. The van der Waals surface area contributed by atoms with E-state index in [1.807, 2.05) is 211 Å². The van der Waals surface area contributed by atoms with Crippen molar-refractivity contribution in [1.82, 2.24) is 39.9 Å². The van der Waals surface area contributed by atoms with Crippen LogP contribution in [0, 0.1) is 27.7 Å². The van der Waals surface area contributed by atoms with Crippen LogP contribution in [-0.2, 0) is 0 Å². The van der Waals surface area contributed by atoms with Crippen LogP contribution in [0.4, 0.5) is 69.3 Å². The van der Waals surface area contributed by atoms with Gasteiger partial charge in [-0.2, -0.15) is 0 Å². The number of anilines is 12. The van der Waals surface area contributed by atoms with E-state index in [0.29, 0.717) is 45.5 Å². The van der Waals surface area contributed by atoms with Gasteiger partial charge in [-0.15, -0.1) is 0 Å². The number of carbonyl (C=O) groups is 4. The summed E-state index contributed by atoms with van der Waals surface area (Å²) in [6.45, 7) is 39.9. The zero-order valence-corrected chi connectivity index (χ0v) is 60.3. The van der Waals surface area contributed by atoms with Crippen molar-refractivity contribution in [2.75, 3.05) is 95.6 Å². The number of fused-ring (bicyclic) bond motifs is 8. The zero-order valence-electron chi connectivity index (χ0n) is 60.3. The van der Waals surface area contributed by atoms with E-state index in [-0.39, 0.29) is 31.1 Å². The molecule has 0 aromatic carbocycles. The largest absolute Gasteiger partial charge is 0.312 e. The summed E-state index contributed by atoms with van der Waals surface area (Å²) in [5.41, 5.74) is 9.72. The molecule has 8 aromatic rings. The summed E-state index contributed by atoms with van der Waals surface area (Å²) in [4.78, 5) is 99.0. The van der Waals surface area contributed by atoms with Crippen LogP contribution in [0.3, 0.4) is 0 Å². The van der Waals surface area contributed by atoms with Gasteiger partial charge in [0, 0.05) is 106 Å². The number of aromatic nitrogens is 8. The van der Waals surface area contributed by atoms with Crippen LogP contribution in [0.1, 0.15) is 182 Å². The molecule has 0 spiro atoms. The molecule has 4 amide bonds. The Hall–Kier alpha value is -9.72. The first kappa shape index (κ1) is 83.3. The van der Waals surface area contributed by atoms with Gasteiger partial charge in [-0.05, 0) is 123 Å². The second-order valence-corrected chi connectivity index (χ2v) is 18.4. The number of pyridine rings is 8. The molecule has 0 saturated heterocycles. The van der Waals surface area contributed by atoms with E-state index in [1.54, 1.807) is 146 Å². The first-order chi connectivity index (χ1) is 44.4. The molecule has 8 aromatic heterocycles. The molecule has 12 heterocycles. The molecule has 0 fully saturated rings. The second-order valence-electron chi connectivity index (χ2n) is 18.4. The van der Waals surface area contributed by atoms with Crippen molar-refractivity contribution in [3.8, 4) is 0 Å². The van der Waals surface area contributed by atoms with Crippen molar-refractivity contribution in [2.24, 2.45) is 0 Å². The molecule has 20 heteroatoms. The molecule has 0 radical (unpaired) electrons. The SMILES string of the molecule is C.CC.CC.CC.CC.CC.CC.CC.CC.Cc1ccnc2c1N(C)C(=O)c1cccnc1N2C.Cc1ccnc2c1N(C)C(=O)c1cccnc1N2C.Cc1ccnc2c1N(C)C(=O)c1cccnc1N2C.Cc1ccnc2c1N(C)C(=O)c1cccnc1N2C. The fourth-order valence-corrected chi connectivity index (χ4v) is 9.64. The number of aryl methyl sites for hydroxylation is 4. The van der Waals surface area contributed by atoms with E-state index < -0.39 is 0 Å². The number of carbonyl (C=O) groups excluding carboxylic acids is 4. The van der Waals surface area contributed by atoms with Gasteiger partial charge in [-0.3, -0.25) is 19.2 Å². The van der Waals surface area contributed by atoms with Crippen molar-refractivity contribution in [3.63, 3.8) is 0 Å². The van der Waals surface area contributed by atoms with E-state index in [4.69, 9.17) is 0 Å². The maximum Gasteiger partial charge on any atom is 0.261 e. The van der Waals surface area contributed by atoms with Crippen molar-refractivity contribution in [1.29, 1.82) is 0 Å². The number of hydrogen-bond acceptors (Lipinski definition) is 16. The molecule has 0 saturated carbocycles. The van der Waals surface area contributed by atoms with Crippen LogP contribution in [0.15, 0.2) is 122 Å². The number of nitrogens with zero attached hydrogens (tertiary/aromatic N) is 16. The van der Waals surface area contributed by atoms with Gasteiger partial charge in [-0.1, -0.05) is 118 Å². The van der Waals surface area contributed by atoms with Crippen molar-refractivity contribution in [2.45, 2.75) is 146 Å².